The molecule has 1 amide bonds. The second-order valence-electron chi connectivity index (χ2n) is 4.26. The van der Waals surface area contributed by atoms with E-state index in [-0.39, 0.29) is 11.4 Å². The molecule has 2 aromatic rings. The molecule has 1 aromatic heterocycles. The van der Waals surface area contributed by atoms with Crippen molar-refractivity contribution in [2.45, 2.75) is 6.92 Å². The van der Waals surface area contributed by atoms with E-state index >= 15 is 0 Å². The van der Waals surface area contributed by atoms with Gasteiger partial charge in [-0.15, -0.1) is 0 Å². The summed E-state index contributed by atoms with van der Waals surface area (Å²) in [5.74, 6) is -0.599. The molecule has 1 aromatic carbocycles. The van der Waals surface area contributed by atoms with Crippen LogP contribution < -0.4 is 9.46 Å². The average Bonchev–Trinajstić information content (AvgIpc) is 2.82. The van der Waals surface area contributed by atoms with E-state index in [0.29, 0.717) is 6.61 Å². The number of carbonyl (C=O) groups excluding carboxylic acids is 1. The summed E-state index contributed by atoms with van der Waals surface area (Å²) in [4.78, 5) is 12.0. The first-order valence-corrected chi connectivity index (χ1v) is 8.10. The Morgan fingerprint density at radius 2 is 2.00 bits per heavy atom. The monoisotopic (exact) mass is 309 g/mol. The number of nitrogens with one attached hydrogen (secondary N) is 1. The maximum Gasteiger partial charge on any atom is 0.289 e. The summed E-state index contributed by atoms with van der Waals surface area (Å²) in [5, 5.41) is 4.10. The Kier molecular flexibility index (Phi) is 4.27. The van der Waals surface area contributed by atoms with Crippen molar-refractivity contribution in [2.24, 2.45) is 0 Å². The predicted molar refractivity (Wildman–Crippen MR) is 77.0 cm³/mol. The zero-order valence-corrected chi connectivity index (χ0v) is 12.4. The molecule has 0 radical (unpaired) electrons. The number of rotatable bonds is 5. The van der Waals surface area contributed by atoms with Crippen LogP contribution in [0.15, 0.2) is 36.5 Å². The lowest BCUT2D eigenvalue weighted by molar-refractivity contribution is 0.0973. The van der Waals surface area contributed by atoms with E-state index < -0.39 is 15.9 Å². The maximum atomic E-state index is 12.0. The fraction of sp³-hybridized carbons (Fsp3) is 0.231. The van der Waals surface area contributed by atoms with Gasteiger partial charge in [0.15, 0.2) is 11.4 Å². The van der Waals surface area contributed by atoms with Gasteiger partial charge in [0, 0.05) is 0 Å². The highest BCUT2D eigenvalue weighted by Gasteiger charge is 2.21. The fourth-order valence-corrected chi connectivity index (χ4v) is 2.14. The molecule has 0 fully saturated rings. The van der Waals surface area contributed by atoms with Gasteiger partial charge in [-0.1, -0.05) is 18.2 Å². The molecule has 112 valence electrons. The van der Waals surface area contributed by atoms with Crippen molar-refractivity contribution < 1.29 is 17.9 Å². The molecule has 0 aliphatic heterocycles. The second-order valence-corrected chi connectivity index (χ2v) is 6.01. The largest absolute Gasteiger partial charge is 0.490 e. The van der Waals surface area contributed by atoms with Gasteiger partial charge in [-0.25, -0.2) is 17.8 Å². The molecule has 2 rings (SSSR count). The van der Waals surface area contributed by atoms with Crippen molar-refractivity contribution in [1.29, 1.82) is 0 Å². The zero-order chi connectivity index (χ0) is 15.5. The smallest absolute Gasteiger partial charge is 0.289 e. The quantitative estimate of drug-likeness (QED) is 0.888. The van der Waals surface area contributed by atoms with Gasteiger partial charge in [-0.05, 0) is 19.1 Å². The number of nitrogens with zero attached hydrogens (tertiary/aromatic N) is 2. The van der Waals surface area contributed by atoms with Gasteiger partial charge in [0.25, 0.3) is 5.91 Å². The number of aromatic nitrogens is 2. The molecule has 7 nitrogen and oxygen atoms in total. The number of hydrogen-bond acceptors (Lipinski definition) is 5. The van der Waals surface area contributed by atoms with Crippen molar-refractivity contribution in [3.8, 4) is 11.4 Å². The third-order valence-electron chi connectivity index (χ3n) is 2.49. The van der Waals surface area contributed by atoms with E-state index in [4.69, 9.17) is 4.74 Å². The fourth-order valence-electron chi connectivity index (χ4n) is 1.71. The molecular formula is C13H15N3O4S. The molecule has 1 heterocycles. The Labute approximate surface area is 122 Å². The predicted octanol–water partition coefficient (Wildman–Crippen LogP) is 0.960. The maximum absolute atomic E-state index is 12.0. The van der Waals surface area contributed by atoms with Crippen LogP contribution in [0.2, 0.25) is 0 Å². The van der Waals surface area contributed by atoms with Crippen LogP contribution in [0.25, 0.3) is 5.69 Å². The summed E-state index contributed by atoms with van der Waals surface area (Å²) in [6, 6.07) is 9.12. The Morgan fingerprint density at radius 3 is 2.57 bits per heavy atom. The zero-order valence-electron chi connectivity index (χ0n) is 11.6. The average molecular weight is 309 g/mol. The summed E-state index contributed by atoms with van der Waals surface area (Å²) in [7, 11) is -3.66. The van der Waals surface area contributed by atoms with Crippen molar-refractivity contribution >= 4 is 15.9 Å². The standard InChI is InChI=1S/C13H15N3O4S/c1-3-20-11-9-16(10-7-5-4-6-8-10)14-12(11)13(17)15-21(2,18)19/h4-9H,3H2,1-2H3,(H,15,17). The lowest BCUT2D eigenvalue weighted by Gasteiger charge is -2.02. The van der Waals surface area contributed by atoms with E-state index in [1.807, 2.05) is 22.9 Å². The first-order chi connectivity index (χ1) is 9.90. The summed E-state index contributed by atoms with van der Waals surface area (Å²) in [6.07, 6.45) is 2.44. The number of ether oxygens (including phenoxy) is 1. The normalized spacial score (nSPS) is 11.1. The number of sulfonamides is 1. The minimum Gasteiger partial charge on any atom is -0.490 e. The van der Waals surface area contributed by atoms with Crippen LogP contribution in [0.3, 0.4) is 0 Å². The first-order valence-electron chi connectivity index (χ1n) is 6.20. The van der Waals surface area contributed by atoms with Crippen LogP contribution in [0.4, 0.5) is 0 Å². The minimum atomic E-state index is -3.66. The molecule has 0 atom stereocenters. The Bertz CT molecular complexity index is 738. The lowest BCUT2D eigenvalue weighted by Crippen LogP contribution is -2.30. The third kappa shape index (κ3) is 3.82. The highest BCUT2D eigenvalue weighted by atomic mass is 32.2. The van der Waals surface area contributed by atoms with E-state index in [9.17, 15) is 13.2 Å². The van der Waals surface area contributed by atoms with Gasteiger partial charge in [-0.3, -0.25) is 4.79 Å². The van der Waals surface area contributed by atoms with Gasteiger partial charge in [0.05, 0.1) is 24.7 Å². The Balaban J connectivity index is 2.40. The molecule has 21 heavy (non-hydrogen) atoms. The summed E-state index contributed by atoms with van der Waals surface area (Å²) >= 11 is 0. The summed E-state index contributed by atoms with van der Waals surface area (Å²) < 4.78 is 31.0. The molecule has 0 aliphatic carbocycles. The summed E-state index contributed by atoms with van der Waals surface area (Å²) in [6.45, 7) is 2.09. The lowest BCUT2D eigenvalue weighted by atomic mass is 10.3. The molecule has 1 N–H and O–H groups in total. The van der Waals surface area contributed by atoms with Crippen molar-refractivity contribution in [3.05, 3.63) is 42.2 Å². The van der Waals surface area contributed by atoms with Crippen LogP contribution in [-0.2, 0) is 10.0 Å². The molecule has 0 saturated heterocycles. The minimum absolute atomic E-state index is 0.0777. The SMILES string of the molecule is CCOc1cn(-c2ccccc2)nc1C(=O)NS(C)(=O)=O. The van der Waals surface area contributed by atoms with Crippen LogP contribution in [0.5, 0.6) is 5.75 Å². The number of carbonyl (C=O) groups is 1. The van der Waals surface area contributed by atoms with Crippen molar-refractivity contribution in [3.63, 3.8) is 0 Å². The van der Waals surface area contributed by atoms with Crippen LogP contribution in [0, 0.1) is 0 Å². The van der Waals surface area contributed by atoms with Crippen LogP contribution in [0.1, 0.15) is 17.4 Å². The Hall–Kier alpha value is -2.35. The number of benzene rings is 1. The highest BCUT2D eigenvalue weighted by molar-refractivity contribution is 7.89. The van der Waals surface area contributed by atoms with E-state index in [2.05, 4.69) is 5.10 Å². The van der Waals surface area contributed by atoms with E-state index in [1.54, 1.807) is 19.1 Å². The molecule has 0 unspecified atom stereocenters. The van der Waals surface area contributed by atoms with Gasteiger partial charge >= 0.3 is 0 Å². The Morgan fingerprint density at radius 1 is 1.33 bits per heavy atom. The highest BCUT2D eigenvalue weighted by Crippen LogP contribution is 2.20. The first kappa shape index (κ1) is 15.0. The van der Waals surface area contributed by atoms with Gasteiger partial charge in [0.1, 0.15) is 0 Å². The molecular weight excluding hydrogens is 294 g/mol. The molecule has 0 spiro atoms. The molecule has 0 saturated carbocycles. The number of hydrogen-bond donors (Lipinski definition) is 1. The second kappa shape index (κ2) is 5.96. The summed E-state index contributed by atoms with van der Waals surface area (Å²) in [5.41, 5.74) is 0.656. The van der Waals surface area contributed by atoms with Gasteiger partial charge < -0.3 is 4.74 Å². The van der Waals surface area contributed by atoms with Gasteiger partial charge in [-0.2, -0.15) is 5.10 Å². The van der Waals surface area contributed by atoms with Crippen LogP contribution >= 0.6 is 0 Å². The topological polar surface area (TPSA) is 90.3 Å². The molecule has 8 heteroatoms. The van der Waals surface area contributed by atoms with E-state index in [1.165, 1.54) is 10.9 Å². The van der Waals surface area contributed by atoms with Crippen LogP contribution in [-0.4, -0.2) is 37.0 Å². The molecule has 0 bridgehead atoms. The van der Waals surface area contributed by atoms with Gasteiger partial charge in [0.2, 0.25) is 10.0 Å². The van der Waals surface area contributed by atoms with E-state index in [0.717, 1.165) is 11.9 Å². The number of para-hydroxylation sites is 1. The van der Waals surface area contributed by atoms with Crippen molar-refractivity contribution in [2.75, 3.05) is 12.9 Å². The molecule has 0 aliphatic rings. The van der Waals surface area contributed by atoms with Crippen molar-refractivity contribution in [1.82, 2.24) is 14.5 Å². The third-order valence-corrected chi connectivity index (χ3v) is 3.05. The number of amides is 1.